The highest BCUT2D eigenvalue weighted by Crippen LogP contribution is 2.29. The highest BCUT2D eigenvalue weighted by Gasteiger charge is 2.04. The first-order chi connectivity index (χ1) is 5.22. The summed E-state index contributed by atoms with van der Waals surface area (Å²) in [7, 11) is -2.50. The standard InChI is InChI=1S/C7H5F3S/c8-7(9)11(10)6-4-2-1-3-5-6/h1-5H. The molecule has 0 amide bonds. The third kappa shape index (κ3) is 2.08. The minimum atomic E-state index is -2.50. The van der Waals surface area contributed by atoms with E-state index in [9.17, 15) is 12.7 Å². The summed E-state index contributed by atoms with van der Waals surface area (Å²) >= 11 is 0. The molecule has 0 aliphatic carbocycles. The van der Waals surface area contributed by atoms with Crippen LogP contribution in [0.1, 0.15) is 0 Å². The van der Waals surface area contributed by atoms with Gasteiger partial charge in [-0.05, 0) is 12.1 Å². The van der Waals surface area contributed by atoms with E-state index in [0.29, 0.717) is 0 Å². The molecule has 0 nitrogen and oxygen atoms in total. The van der Waals surface area contributed by atoms with Gasteiger partial charge < -0.3 is 0 Å². The normalized spacial score (nSPS) is 12.6. The Hall–Kier alpha value is -0.770. The summed E-state index contributed by atoms with van der Waals surface area (Å²) in [6.07, 6.45) is 0. The SMILES string of the molecule is FC(F)=S(F)c1ccccc1. The van der Waals surface area contributed by atoms with Crippen molar-refractivity contribution in [3.8, 4) is 0 Å². The summed E-state index contributed by atoms with van der Waals surface area (Å²) in [5.41, 5.74) is 0. The Morgan fingerprint density at radius 1 is 1.09 bits per heavy atom. The first-order valence-corrected chi connectivity index (χ1v) is 3.98. The molecule has 11 heavy (non-hydrogen) atoms. The molecule has 0 heterocycles. The van der Waals surface area contributed by atoms with Gasteiger partial charge >= 0.3 is 5.37 Å². The maximum absolute atomic E-state index is 12.5. The van der Waals surface area contributed by atoms with Gasteiger partial charge in [-0.2, -0.15) is 12.7 Å². The van der Waals surface area contributed by atoms with Crippen molar-refractivity contribution in [2.75, 3.05) is 0 Å². The molecule has 1 aromatic carbocycles. The second kappa shape index (κ2) is 3.57. The van der Waals surface area contributed by atoms with Crippen LogP contribution in [-0.4, -0.2) is 5.37 Å². The van der Waals surface area contributed by atoms with Crippen LogP contribution in [0, 0.1) is 0 Å². The summed E-state index contributed by atoms with van der Waals surface area (Å²) < 4.78 is 35.8. The lowest BCUT2D eigenvalue weighted by Gasteiger charge is -1.94. The summed E-state index contributed by atoms with van der Waals surface area (Å²) in [4.78, 5) is 0.0208. The zero-order valence-corrected chi connectivity index (χ0v) is 6.25. The number of benzene rings is 1. The molecule has 0 bridgehead atoms. The van der Waals surface area contributed by atoms with E-state index in [1.54, 1.807) is 6.07 Å². The third-order valence-electron chi connectivity index (χ3n) is 1.09. The molecule has 1 rings (SSSR count). The smallest absolute Gasteiger partial charge is 0.163 e. The van der Waals surface area contributed by atoms with Crippen molar-refractivity contribution in [3.05, 3.63) is 30.3 Å². The van der Waals surface area contributed by atoms with Crippen molar-refractivity contribution >= 4 is 16.2 Å². The third-order valence-corrected chi connectivity index (χ3v) is 2.04. The van der Waals surface area contributed by atoms with Gasteiger partial charge in [0.15, 0.2) is 0 Å². The largest absolute Gasteiger partial charge is 0.328 e. The van der Waals surface area contributed by atoms with Gasteiger partial charge in [0.2, 0.25) is 0 Å². The molecule has 0 aromatic heterocycles. The maximum Gasteiger partial charge on any atom is 0.328 e. The minimum Gasteiger partial charge on any atom is -0.163 e. The van der Waals surface area contributed by atoms with Crippen LogP contribution >= 0.6 is 10.9 Å². The molecular formula is C7H5F3S. The lowest BCUT2D eigenvalue weighted by atomic mass is 10.4. The first kappa shape index (κ1) is 8.33. The van der Waals surface area contributed by atoms with Crippen LogP contribution in [0.15, 0.2) is 35.2 Å². The summed E-state index contributed by atoms with van der Waals surface area (Å²) in [6, 6.07) is 7.37. The van der Waals surface area contributed by atoms with Crippen molar-refractivity contribution < 1.29 is 12.7 Å². The van der Waals surface area contributed by atoms with Crippen LogP contribution in [-0.2, 0) is 0 Å². The van der Waals surface area contributed by atoms with E-state index in [2.05, 4.69) is 0 Å². The van der Waals surface area contributed by atoms with Gasteiger partial charge in [-0.1, -0.05) is 18.2 Å². The number of hydrogen-bond acceptors (Lipinski definition) is 0. The molecule has 1 atom stereocenters. The molecule has 0 N–H and O–H groups in total. The molecule has 1 aromatic rings. The fourth-order valence-corrected chi connectivity index (χ4v) is 1.20. The molecule has 0 radical (unpaired) electrons. The van der Waals surface area contributed by atoms with E-state index in [0.717, 1.165) is 0 Å². The fraction of sp³-hybridized carbons (Fsp3) is 0. The summed E-state index contributed by atoms with van der Waals surface area (Å²) in [5.74, 6) is 0. The monoisotopic (exact) mass is 178 g/mol. The minimum absolute atomic E-state index is 0.0208. The second-order valence-corrected chi connectivity index (χ2v) is 3.09. The number of rotatable bonds is 1. The maximum atomic E-state index is 12.5. The Morgan fingerprint density at radius 3 is 2.09 bits per heavy atom. The van der Waals surface area contributed by atoms with Crippen LogP contribution in [0.25, 0.3) is 0 Å². The Balaban J connectivity index is 3.04. The molecule has 4 heteroatoms. The van der Waals surface area contributed by atoms with Crippen molar-refractivity contribution in [2.45, 2.75) is 4.90 Å². The lowest BCUT2D eigenvalue weighted by molar-refractivity contribution is 0.638. The molecule has 0 saturated carbocycles. The molecule has 0 aliphatic heterocycles. The summed E-state index contributed by atoms with van der Waals surface area (Å²) in [6.45, 7) is 0. The van der Waals surface area contributed by atoms with Gasteiger partial charge in [0.25, 0.3) is 0 Å². The zero-order chi connectivity index (χ0) is 8.27. The Morgan fingerprint density at radius 2 is 1.64 bits per heavy atom. The van der Waals surface area contributed by atoms with Crippen molar-refractivity contribution in [3.63, 3.8) is 0 Å². The fourth-order valence-electron chi connectivity index (χ4n) is 0.629. The van der Waals surface area contributed by atoms with Gasteiger partial charge in [-0.3, -0.25) is 0 Å². The molecule has 60 valence electrons. The Bertz CT molecular complexity index is 264. The van der Waals surface area contributed by atoms with Gasteiger partial charge in [0.1, 0.15) is 0 Å². The van der Waals surface area contributed by atoms with Crippen LogP contribution in [0.3, 0.4) is 0 Å². The van der Waals surface area contributed by atoms with Gasteiger partial charge in [0, 0.05) is 4.90 Å². The molecule has 0 spiro atoms. The van der Waals surface area contributed by atoms with Crippen molar-refractivity contribution in [1.82, 2.24) is 0 Å². The zero-order valence-electron chi connectivity index (χ0n) is 5.43. The van der Waals surface area contributed by atoms with Gasteiger partial charge in [-0.25, -0.2) is 0 Å². The van der Waals surface area contributed by atoms with Crippen LogP contribution < -0.4 is 0 Å². The van der Waals surface area contributed by atoms with E-state index < -0.39 is 16.2 Å². The average Bonchev–Trinajstić information content (AvgIpc) is 2.05. The highest BCUT2D eigenvalue weighted by molar-refractivity contribution is 8.11. The lowest BCUT2D eigenvalue weighted by Crippen LogP contribution is -1.75. The van der Waals surface area contributed by atoms with E-state index in [1.807, 2.05) is 0 Å². The summed E-state index contributed by atoms with van der Waals surface area (Å²) in [5, 5.41) is -2.17. The van der Waals surface area contributed by atoms with Crippen LogP contribution in [0.2, 0.25) is 0 Å². The first-order valence-electron chi connectivity index (χ1n) is 2.85. The molecular weight excluding hydrogens is 173 g/mol. The van der Waals surface area contributed by atoms with Gasteiger partial charge in [-0.15, -0.1) is 0 Å². The van der Waals surface area contributed by atoms with Gasteiger partial charge in [0.05, 0.1) is 10.9 Å². The van der Waals surface area contributed by atoms with Crippen LogP contribution in [0.5, 0.6) is 0 Å². The molecule has 0 saturated heterocycles. The predicted molar refractivity (Wildman–Crippen MR) is 40.6 cm³/mol. The molecule has 0 fully saturated rings. The Kier molecular flexibility index (Phi) is 2.70. The second-order valence-electron chi connectivity index (χ2n) is 1.80. The topological polar surface area (TPSA) is 0 Å². The quantitative estimate of drug-likeness (QED) is 0.457. The van der Waals surface area contributed by atoms with E-state index in [-0.39, 0.29) is 4.90 Å². The highest BCUT2D eigenvalue weighted by atomic mass is 32.2. The average molecular weight is 178 g/mol. The molecule has 1 unspecified atom stereocenters. The van der Waals surface area contributed by atoms with Crippen molar-refractivity contribution in [2.24, 2.45) is 0 Å². The van der Waals surface area contributed by atoms with E-state index >= 15 is 0 Å². The van der Waals surface area contributed by atoms with Crippen molar-refractivity contribution in [1.29, 1.82) is 0 Å². The Labute approximate surface area is 64.9 Å². The van der Waals surface area contributed by atoms with E-state index in [4.69, 9.17) is 0 Å². The molecule has 0 aliphatic rings. The van der Waals surface area contributed by atoms with Crippen LogP contribution in [0.4, 0.5) is 12.7 Å². The van der Waals surface area contributed by atoms with E-state index in [1.165, 1.54) is 24.3 Å². The predicted octanol–water partition coefficient (Wildman–Crippen LogP) is 3.23. The number of hydrogen-bond donors (Lipinski definition) is 0. The number of halogens is 3.